The summed E-state index contributed by atoms with van der Waals surface area (Å²) >= 11 is 0. The number of nitrogens with one attached hydrogen (secondary N) is 1. The number of carbonyl (C=O) groups is 2. The molecule has 0 aliphatic carbocycles. The average Bonchev–Trinajstić information content (AvgIpc) is 2.38. The van der Waals surface area contributed by atoms with Gasteiger partial charge in [0.2, 0.25) is 5.91 Å². The van der Waals surface area contributed by atoms with Crippen molar-refractivity contribution in [3.8, 4) is 0 Å². The van der Waals surface area contributed by atoms with Crippen molar-refractivity contribution in [2.45, 2.75) is 6.54 Å². The predicted octanol–water partition coefficient (Wildman–Crippen LogP) is 0.161. The minimum absolute atomic E-state index is 0.0872. The summed E-state index contributed by atoms with van der Waals surface area (Å²) in [5.74, 6) is -1.21. The quantitative estimate of drug-likeness (QED) is 0.466. The largest absolute Gasteiger partial charge is 0.478 e. The van der Waals surface area contributed by atoms with Gasteiger partial charge in [-0.25, -0.2) is 4.79 Å². The summed E-state index contributed by atoms with van der Waals surface area (Å²) in [4.78, 5) is 24.6. The van der Waals surface area contributed by atoms with Gasteiger partial charge in [0, 0.05) is 25.9 Å². The molecule has 0 aliphatic rings. The Hall–Kier alpha value is -2.12. The smallest absolute Gasteiger partial charge is 0.338 e. The van der Waals surface area contributed by atoms with Gasteiger partial charge in [0.15, 0.2) is 0 Å². The first-order valence-electron chi connectivity index (χ1n) is 6.50. The fourth-order valence-electron chi connectivity index (χ4n) is 1.95. The Kier molecular flexibility index (Phi) is 6.64. The first-order chi connectivity index (χ1) is 9.95. The van der Waals surface area contributed by atoms with Crippen molar-refractivity contribution in [2.24, 2.45) is 0 Å². The van der Waals surface area contributed by atoms with Gasteiger partial charge in [0.05, 0.1) is 18.7 Å². The van der Waals surface area contributed by atoms with Gasteiger partial charge in [-0.05, 0) is 18.7 Å². The number of hydrogen-bond donors (Lipinski definition) is 3. The third-order valence-electron chi connectivity index (χ3n) is 2.88. The van der Waals surface area contributed by atoms with E-state index >= 15 is 0 Å². The Morgan fingerprint density at radius 3 is 2.76 bits per heavy atom. The highest BCUT2D eigenvalue weighted by atomic mass is 16.5. The van der Waals surface area contributed by atoms with Crippen molar-refractivity contribution in [3.63, 3.8) is 0 Å². The van der Waals surface area contributed by atoms with E-state index < -0.39 is 5.97 Å². The number of methoxy groups -OCH3 is 1. The maximum absolute atomic E-state index is 11.7. The molecule has 0 spiro atoms. The van der Waals surface area contributed by atoms with Gasteiger partial charge in [0.1, 0.15) is 0 Å². The van der Waals surface area contributed by atoms with E-state index in [0.717, 1.165) is 0 Å². The number of ether oxygens (including phenoxy) is 1. The maximum Gasteiger partial charge on any atom is 0.338 e. The first-order valence-corrected chi connectivity index (χ1v) is 6.50. The van der Waals surface area contributed by atoms with E-state index in [4.69, 9.17) is 10.5 Å². The normalized spacial score (nSPS) is 10.6. The molecule has 1 aromatic rings. The van der Waals surface area contributed by atoms with Crippen LogP contribution in [0.5, 0.6) is 0 Å². The summed E-state index contributed by atoms with van der Waals surface area (Å²) in [7, 11) is 3.30. The Labute approximate surface area is 123 Å². The van der Waals surface area contributed by atoms with Crippen LogP contribution in [0.2, 0.25) is 0 Å². The fourth-order valence-corrected chi connectivity index (χ4v) is 1.95. The minimum atomic E-state index is -1.07. The van der Waals surface area contributed by atoms with Crippen LogP contribution in [0.25, 0.3) is 0 Å². The van der Waals surface area contributed by atoms with Crippen LogP contribution in [-0.2, 0) is 16.1 Å². The van der Waals surface area contributed by atoms with Crippen molar-refractivity contribution in [3.05, 3.63) is 29.3 Å². The third-order valence-corrected chi connectivity index (χ3v) is 2.88. The van der Waals surface area contributed by atoms with E-state index in [9.17, 15) is 14.7 Å². The Morgan fingerprint density at radius 2 is 2.14 bits per heavy atom. The van der Waals surface area contributed by atoms with Gasteiger partial charge in [-0.3, -0.25) is 9.69 Å². The van der Waals surface area contributed by atoms with Crippen molar-refractivity contribution in [1.29, 1.82) is 0 Å². The van der Waals surface area contributed by atoms with Crippen LogP contribution in [0.1, 0.15) is 15.9 Å². The number of carboxylic acids is 1. The van der Waals surface area contributed by atoms with Gasteiger partial charge in [0.25, 0.3) is 0 Å². The summed E-state index contributed by atoms with van der Waals surface area (Å²) in [5, 5.41) is 11.9. The summed E-state index contributed by atoms with van der Waals surface area (Å²) in [6.45, 7) is 1.39. The van der Waals surface area contributed by atoms with Crippen molar-refractivity contribution >= 4 is 17.6 Å². The number of nitrogens with two attached hydrogens (primary N) is 1. The second-order valence-corrected chi connectivity index (χ2v) is 4.70. The zero-order valence-corrected chi connectivity index (χ0v) is 12.3. The van der Waals surface area contributed by atoms with E-state index in [1.54, 1.807) is 37.3 Å². The molecule has 0 radical (unpaired) electrons. The topological polar surface area (TPSA) is 105 Å². The van der Waals surface area contributed by atoms with Gasteiger partial charge in [-0.15, -0.1) is 0 Å². The van der Waals surface area contributed by atoms with Gasteiger partial charge >= 0.3 is 5.97 Å². The molecule has 21 heavy (non-hydrogen) atoms. The van der Waals surface area contributed by atoms with Crippen LogP contribution >= 0.6 is 0 Å². The molecule has 0 bridgehead atoms. The van der Waals surface area contributed by atoms with E-state index in [0.29, 0.717) is 25.3 Å². The molecule has 0 aromatic heterocycles. The molecule has 0 atom stereocenters. The molecular weight excluding hydrogens is 274 g/mol. The molecule has 1 aromatic carbocycles. The predicted molar refractivity (Wildman–Crippen MR) is 79.0 cm³/mol. The number of carbonyl (C=O) groups excluding carboxylic acids is 1. The van der Waals surface area contributed by atoms with Crippen LogP contribution < -0.4 is 11.1 Å². The van der Waals surface area contributed by atoms with E-state index in [1.165, 1.54) is 0 Å². The Bertz CT molecular complexity index is 505. The highest BCUT2D eigenvalue weighted by Crippen LogP contribution is 2.18. The number of anilines is 1. The number of hydrogen-bond acceptors (Lipinski definition) is 5. The zero-order valence-electron chi connectivity index (χ0n) is 12.3. The van der Waals surface area contributed by atoms with E-state index in [-0.39, 0.29) is 23.7 Å². The number of likely N-dealkylation sites (N-methyl/N-ethyl adjacent to an activating group) is 1. The fraction of sp³-hybridized carbons (Fsp3) is 0.429. The Morgan fingerprint density at radius 1 is 1.43 bits per heavy atom. The lowest BCUT2D eigenvalue weighted by Crippen LogP contribution is -2.36. The van der Waals surface area contributed by atoms with Crippen LogP contribution in [0.4, 0.5) is 5.69 Å². The van der Waals surface area contributed by atoms with Crippen LogP contribution in [-0.4, -0.2) is 55.7 Å². The second-order valence-electron chi connectivity index (χ2n) is 4.70. The van der Waals surface area contributed by atoms with E-state index in [1.807, 2.05) is 0 Å². The van der Waals surface area contributed by atoms with Gasteiger partial charge in [-0.1, -0.05) is 12.1 Å². The van der Waals surface area contributed by atoms with Gasteiger partial charge in [-0.2, -0.15) is 0 Å². The molecule has 1 amide bonds. The second kappa shape index (κ2) is 8.23. The van der Waals surface area contributed by atoms with Crippen molar-refractivity contribution < 1.29 is 19.4 Å². The number of carboxylic acid groups (broad SMARTS) is 1. The highest BCUT2D eigenvalue weighted by Gasteiger charge is 2.15. The molecule has 1 rings (SSSR count). The summed E-state index contributed by atoms with van der Waals surface area (Å²) in [6.07, 6.45) is 0. The Balaban J connectivity index is 2.63. The molecular formula is C14H21N3O4. The third kappa shape index (κ3) is 5.41. The van der Waals surface area contributed by atoms with E-state index in [2.05, 4.69) is 5.32 Å². The number of aromatic carboxylic acids is 1. The average molecular weight is 295 g/mol. The van der Waals surface area contributed by atoms with Crippen molar-refractivity contribution in [2.75, 3.05) is 39.6 Å². The lowest BCUT2D eigenvalue weighted by atomic mass is 10.1. The summed E-state index contributed by atoms with van der Waals surface area (Å²) in [5.41, 5.74) is 6.57. The summed E-state index contributed by atoms with van der Waals surface area (Å²) in [6, 6.07) is 4.94. The molecule has 0 saturated carbocycles. The monoisotopic (exact) mass is 295 g/mol. The molecule has 0 saturated heterocycles. The van der Waals surface area contributed by atoms with Gasteiger partial charge < -0.3 is 20.9 Å². The molecule has 4 N–H and O–H groups in total. The molecule has 0 fully saturated rings. The summed E-state index contributed by atoms with van der Waals surface area (Å²) < 4.78 is 4.84. The van der Waals surface area contributed by atoms with Crippen molar-refractivity contribution in [1.82, 2.24) is 10.2 Å². The molecule has 0 heterocycles. The first kappa shape index (κ1) is 16.9. The van der Waals surface area contributed by atoms with Crippen LogP contribution in [0.15, 0.2) is 18.2 Å². The molecule has 0 aliphatic heterocycles. The molecule has 0 unspecified atom stereocenters. The lowest BCUT2D eigenvalue weighted by Gasteiger charge is -2.18. The maximum atomic E-state index is 11.7. The number of nitrogen functional groups attached to an aromatic ring is 1. The highest BCUT2D eigenvalue weighted by molar-refractivity contribution is 5.95. The lowest BCUT2D eigenvalue weighted by molar-refractivity contribution is -0.122. The standard InChI is InChI=1S/C14H21N3O4/c1-17(9-12(18)16-6-7-21-2)8-10-4-3-5-11(15)13(10)14(19)20/h3-5H,6-9,15H2,1-2H3,(H,16,18)(H,19,20). The number of rotatable bonds is 8. The SMILES string of the molecule is COCCNC(=O)CN(C)Cc1cccc(N)c1C(=O)O. The minimum Gasteiger partial charge on any atom is -0.478 e. The molecule has 7 heteroatoms. The van der Waals surface area contributed by atoms with Crippen LogP contribution in [0, 0.1) is 0 Å². The molecule has 116 valence electrons. The van der Waals surface area contributed by atoms with Crippen LogP contribution in [0.3, 0.4) is 0 Å². The number of amides is 1. The zero-order chi connectivity index (χ0) is 15.8. The molecule has 7 nitrogen and oxygen atoms in total. The number of benzene rings is 1. The number of nitrogens with zero attached hydrogens (tertiary/aromatic N) is 1.